The first kappa shape index (κ1) is 18.1. The first-order valence-electron chi connectivity index (χ1n) is 7.85. The van der Waals surface area contributed by atoms with E-state index in [1.54, 1.807) is 31.4 Å². The molecule has 2 aromatic rings. The van der Waals surface area contributed by atoms with Crippen molar-refractivity contribution in [1.82, 2.24) is 15.5 Å². The second-order valence-electron chi connectivity index (χ2n) is 5.53. The molecule has 0 radical (unpaired) electrons. The number of H-pyrrole nitrogens is 1. The van der Waals surface area contributed by atoms with E-state index in [-0.39, 0.29) is 18.6 Å². The standard InChI is InChI=1S/C17H22ClN3O3/c1-4-5-11(2)19-17(22)15-8-12(20-21-15)10-24-16-7-6-13(23-3)9-14(16)18/h6-9,11H,4-5,10H2,1-3H3,(H,19,22)(H,20,21)/t11-/m0/s1. The lowest BCUT2D eigenvalue weighted by atomic mass is 10.2. The second kappa shape index (κ2) is 8.59. The quantitative estimate of drug-likeness (QED) is 0.762. The fraction of sp³-hybridized carbons (Fsp3) is 0.412. The molecule has 1 aromatic carbocycles. The molecule has 0 spiro atoms. The van der Waals surface area contributed by atoms with E-state index in [0.29, 0.717) is 27.9 Å². The first-order chi connectivity index (χ1) is 11.5. The molecule has 0 aliphatic heterocycles. The average molecular weight is 352 g/mol. The summed E-state index contributed by atoms with van der Waals surface area (Å²) in [7, 11) is 1.57. The molecule has 7 heteroatoms. The molecule has 2 rings (SSSR count). The zero-order valence-corrected chi connectivity index (χ0v) is 14.8. The predicted octanol–water partition coefficient (Wildman–Crippen LogP) is 3.57. The van der Waals surface area contributed by atoms with E-state index in [4.69, 9.17) is 21.1 Å². The van der Waals surface area contributed by atoms with Gasteiger partial charge in [-0.1, -0.05) is 24.9 Å². The summed E-state index contributed by atoms with van der Waals surface area (Å²) in [5, 5.41) is 10.2. The number of benzene rings is 1. The van der Waals surface area contributed by atoms with E-state index in [0.717, 1.165) is 12.8 Å². The van der Waals surface area contributed by atoms with Gasteiger partial charge in [-0.15, -0.1) is 0 Å². The summed E-state index contributed by atoms with van der Waals surface area (Å²) >= 11 is 6.12. The predicted molar refractivity (Wildman–Crippen MR) is 92.8 cm³/mol. The van der Waals surface area contributed by atoms with Gasteiger partial charge in [0.25, 0.3) is 5.91 Å². The van der Waals surface area contributed by atoms with Gasteiger partial charge >= 0.3 is 0 Å². The number of halogens is 1. The van der Waals surface area contributed by atoms with Crippen molar-refractivity contribution in [2.75, 3.05) is 7.11 Å². The summed E-state index contributed by atoms with van der Waals surface area (Å²) < 4.78 is 10.7. The van der Waals surface area contributed by atoms with E-state index in [1.807, 2.05) is 6.92 Å². The van der Waals surface area contributed by atoms with Crippen molar-refractivity contribution >= 4 is 17.5 Å². The Balaban J connectivity index is 1.93. The van der Waals surface area contributed by atoms with Crippen LogP contribution in [-0.2, 0) is 6.61 Å². The average Bonchev–Trinajstić information content (AvgIpc) is 3.03. The number of amides is 1. The van der Waals surface area contributed by atoms with Gasteiger partial charge in [-0.2, -0.15) is 5.10 Å². The van der Waals surface area contributed by atoms with Crippen LogP contribution in [0.3, 0.4) is 0 Å². The number of nitrogens with zero attached hydrogens (tertiary/aromatic N) is 1. The number of ether oxygens (including phenoxy) is 2. The maximum atomic E-state index is 12.1. The Kier molecular flexibility index (Phi) is 6.49. The summed E-state index contributed by atoms with van der Waals surface area (Å²) in [5.41, 5.74) is 1.03. The third-order valence-corrected chi connectivity index (χ3v) is 3.78. The van der Waals surface area contributed by atoms with Crippen LogP contribution in [0.1, 0.15) is 42.9 Å². The lowest BCUT2D eigenvalue weighted by Gasteiger charge is -2.10. The van der Waals surface area contributed by atoms with Crippen molar-refractivity contribution < 1.29 is 14.3 Å². The molecule has 0 bridgehead atoms. The first-order valence-corrected chi connectivity index (χ1v) is 8.22. The van der Waals surface area contributed by atoms with Crippen molar-refractivity contribution in [3.8, 4) is 11.5 Å². The minimum atomic E-state index is -0.194. The van der Waals surface area contributed by atoms with Gasteiger partial charge in [0, 0.05) is 12.1 Å². The number of hydrogen-bond donors (Lipinski definition) is 2. The highest BCUT2D eigenvalue weighted by atomic mass is 35.5. The molecule has 6 nitrogen and oxygen atoms in total. The molecule has 1 heterocycles. The molecule has 0 saturated carbocycles. The maximum Gasteiger partial charge on any atom is 0.271 e. The summed E-state index contributed by atoms with van der Waals surface area (Å²) in [6.07, 6.45) is 1.95. The SMILES string of the molecule is CCC[C@H](C)NC(=O)c1cc(COc2ccc(OC)cc2Cl)[nH]n1. The van der Waals surface area contributed by atoms with Crippen LogP contribution in [0.25, 0.3) is 0 Å². The molecule has 24 heavy (non-hydrogen) atoms. The van der Waals surface area contributed by atoms with E-state index in [9.17, 15) is 4.79 Å². The lowest BCUT2D eigenvalue weighted by Crippen LogP contribution is -2.32. The Morgan fingerprint density at radius 3 is 2.88 bits per heavy atom. The van der Waals surface area contributed by atoms with Crippen molar-refractivity contribution in [3.05, 3.63) is 40.7 Å². The highest BCUT2D eigenvalue weighted by molar-refractivity contribution is 6.32. The van der Waals surface area contributed by atoms with Gasteiger partial charge in [-0.3, -0.25) is 9.89 Å². The fourth-order valence-electron chi connectivity index (χ4n) is 2.24. The Bertz CT molecular complexity index is 687. The summed E-state index contributed by atoms with van der Waals surface area (Å²) in [5.74, 6) is 1.00. The molecular weight excluding hydrogens is 330 g/mol. The smallest absolute Gasteiger partial charge is 0.271 e. The largest absolute Gasteiger partial charge is 0.497 e. The highest BCUT2D eigenvalue weighted by Crippen LogP contribution is 2.29. The molecule has 1 amide bonds. The van der Waals surface area contributed by atoms with E-state index >= 15 is 0 Å². The number of aromatic amines is 1. The minimum absolute atomic E-state index is 0.122. The normalized spacial score (nSPS) is 11.8. The number of hydrogen-bond acceptors (Lipinski definition) is 4. The number of carbonyl (C=O) groups is 1. The van der Waals surface area contributed by atoms with Crippen LogP contribution in [0.15, 0.2) is 24.3 Å². The topological polar surface area (TPSA) is 76.2 Å². The molecule has 1 aromatic heterocycles. The zero-order valence-electron chi connectivity index (χ0n) is 14.1. The molecule has 0 unspecified atom stereocenters. The van der Waals surface area contributed by atoms with E-state index in [2.05, 4.69) is 22.4 Å². The van der Waals surface area contributed by atoms with Gasteiger partial charge in [0.1, 0.15) is 23.8 Å². The lowest BCUT2D eigenvalue weighted by molar-refractivity contribution is 0.0933. The van der Waals surface area contributed by atoms with Crippen molar-refractivity contribution in [2.24, 2.45) is 0 Å². The third kappa shape index (κ3) is 4.89. The number of methoxy groups -OCH3 is 1. The van der Waals surface area contributed by atoms with Gasteiger partial charge in [0.05, 0.1) is 17.8 Å². The number of nitrogens with one attached hydrogen (secondary N) is 2. The summed E-state index contributed by atoms with van der Waals surface area (Å²) in [6.45, 7) is 4.29. The Morgan fingerprint density at radius 2 is 2.21 bits per heavy atom. The van der Waals surface area contributed by atoms with E-state index < -0.39 is 0 Å². The Morgan fingerprint density at radius 1 is 1.42 bits per heavy atom. The van der Waals surface area contributed by atoms with Gasteiger partial charge in [0.2, 0.25) is 0 Å². The fourth-order valence-corrected chi connectivity index (χ4v) is 2.46. The van der Waals surface area contributed by atoms with Crippen LogP contribution >= 0.6 is 11.6 Å². The molecule has 2 N–H and O–H groups in total. The molecule has 0 aliphatic rings. The second-order valence-corrected chi connectivity index (χ2v) is 5.93. The van der Waals surface area contributed by atoms with Crippen LogP contribution < -0.4 is 14.8 Å². The number of rotatable bonds is 8. The molecule has 0 fully saturated rings. The van der Waals surface area contributed by atoms with Crippen LogP contribution in [0, 0.1) is 0 Å². The highest BCUT2D eigenvalue weighted by Gasteiger charge is 2.13. The number of aromatic nitrogens is 2. The van der Waals surface area contributed by atoms with E-state index in [1.165, 1.54) is 0 Å². The van der Waals surface area contributed by atoms with Crippen molar-refractivity contribution in [1.29, 1.82) is 0 Å². The molecular formula is C17H22ClN3O3. The third-order valence-electron chi connectivity index (χ3n) is 3.48. The van der Waals surface area contributed by atoms with Crippen LogP contribution in [-0.4, -0.2) is 29.3 Å². The Hall–Kier alpha value is -2.21. The van der Waals surface area contributed by atoms with Crippen molar-refractivity contribution in [3.63, 3.8) is 0 Å². The maximum absolute atomic E-state index is 12.1. The zero-order chi connectivity index (χ0) is 17.5. The van der Waals surface area contributed by atoms with Gasteiger partial charge in [0.15, 0.2) is 0 Å². The van der Waals surface area contributed by atoms with Crippen molar-refractivity contribution in [2.45, 2.75) is 39.3 Å². The molecule has 0 saturated heterocycles. The minimum Gasteiger partial charge on any atom is -0.497 e. The van der Waals surface area contributed by atoms with Gasteiger partial charge in [-0.25, -0.2) is 0 Å². The van der Waals surface area contributed by atoms with Crippen LogP contribution in [0.5, 0.6) is 11.5 Å². The summed E-state index contributed by atoms with van der Waals surface area (Å²) in [4.78, 5) is 12.1. The molecule has 0 aliphatic carbocycles. The Labute approximate surface area is 146 Å². The van der Waals surface area contributed by atoms with Crippen LogP contribution in [0.4, 0.5) is 0 Å². The summed E-state index contributed by atoms with van der Waals surface area (Å²) in [6, 6.07) is 6.97. The monoisotopic (exact) mass is 351 g/mol. The molecule has 1 atom stereocenters. The van der Waals surface area contributed by atoms with Gasteiger partial charge < -0.3 is 14.8 Å². The molecule has 130 valence electrons. The van der Waals surface area contributed by atoms with Crippen LogP contribution in [0.2, 0.25) is 5.02 Å². The number of carbonyl (C=O) groups excluding carboxylic acids is 1. The van der Waals surface area contributed by atoms with Gasteiger partial charge in [-0.05, 0) is 31.5 Å².